The van der Waals surface area contributed by atoms with Crippen molar-refractivity contribution in [1.29, 1.82) is 0 Å². The highest BCUT2D eigenvalue weighted by atomic mass is 19.1. The molecule has 0 bridgehead atoms. The number of nitrogens with zero attached hydrogens (tertiary/aromatic N) is 1. The SMILES string of the molecule is COc1cc([C@H](CC(=O)Nc2cc(F)ccc2F)N2Cc3ccccc3C2=O)cc(OC)c1OC. The molecule has 3 aromatic carbocycles. The number of ether oxygens (including phenoxy) is 3. The van der Waals surface area contributed by atoms with Gasteiger partial charge in [0.05, 0.1) is 39.5 Å². The second kappa shape index (κ2) is 10.0. The third-order valence-electron chi connectivity index (χ3n) is 5.88. The van der Waals surface area contributed by atoms with E-state index in [-0.39, 0.29) is 24.6 Å². The van der Waals surface area contributed by atoms with E-state index in [1.807, 2.05) is 12.1 Å². The lowest BCUT2D eigenvalue weighted by Gasteiger charge is -2.29. The topological polar surface area (TPSA) is 77.1 Å². The molecule has 2 amide bonds. The molecule has 35 heavy (non-hydrogen) atoms. The van der Waals surface area contributed by atoms with Gasteiger partial charge in [0, 0.05) is 18.2 Å². The molecule has 1 heterocycles. The summed E-state index contributed by atoms with van der Waals surface area (Å²) in [5, 5.41) is 2.41. The summed E-state index contributed by atoms with van der Waals surface area (Å²) in [6.07, 6.45) is -0.228. The van der Waals surface area contributed by atoms with Crippen LogP contribution in [-0.4, -0.2) is 38.0 Å². The highest BCUT2D eigenvalue weighted by molar-refractivity contribution is 5.99. The fraction of sp³-hybridized carbons (Fsp3) is 0.231. The molecule has 0 aromatic heterocycles. The zero-order valence-electron chi connectivity index (χ0n) is 19.4. The van der Waals surface area contributed by atoms with Crippen molar-refractivity contribution in [2.75, 3.05) is 26.6 Å². The molecule has 7 nitrogen and oxygen atoms in total. The Morgan fingerprint density at radius 2 is 1.69 bits per heavy atom. The zero-order valence-corrected chi connectivity index (χ0v) is 19.4. The first-order valence-corrected chi connectivity index (χ1v) is 10.8. The van der Waals surface area contributed by atoms with Crippen LogP contribution in [0.25, 0.3) is 0 Å². The summed E-state index contributed by atoms with van der Waals surface area (Å²) in [5.74, 6) is -1.23. The molecule has 3 aromatic rings. The summed E-state index contributed by atoms with van der Waals surface area (Å²) in [5.41, 5.74) is 1.64. The van der Waals surface area contributed by atoms with Gasteiger partial charge in [0.2, 0.25) is 11.7 Å². The predicted octanol–water partition coefficient (Wildman–Crippen LogP) is 4.72. The van der Waals surface area contributed by atoms with Crippen LogP contribution in [0.5, 0.6) is 17.2 Å². The molecule has 9 heteroatoms. The molecule has 182 valence electrons. The van der Waals surface area contributed by atoms with Gasteiger partial charge in [-0.1, -0.05) is 18.2 Å². The van der Waals surface area contributed by atoms with E-state index >= 15 is 0 Å². The number of carbonyl (C=O) groups is 2. The summed E-state index contributed by atoms with van der Waals surface area (Å²) in [6, 6.07) is 12.5. The molecule has 0 unspecified atom stereocenters. The Morgan fingerprint density at radius 1 is 1.00 bits per heavy atom. The Labute approximate surface area is 201 Å². The fourth-order valence-electron chi connectivity index (χ4n) is 4.20. The van der Waals surface area contributed by atoms with Crippen molar-refractivity contribution < 1.29 is 32.6 Å². The predicted molar refractivity (Wildman–Crippen MR) is 125 cm³/mol. The summed E-state index contributed by atoms with van der Waals surface area (Å²) in [6.45, 7) is 0.276. The molecule has 0 saturated heterocycles. The number of carbonyl (C=O) groups excluding carboxylic acids is 2. The molecule has 0 aliphatic carbocycles. The van der Waals surface area contributed by atoms with E-state index < -0.39 is 23.6 Å². The van der Waals surface area contributed by atoms with Gasteiger partial charge in [-0.3, -0.25) is 9.59 Å². The number of anilines is 1. The van der Waals surface area contributed by atoms with Gasteiger partial charge >= 0.3 is 0 Å². The molecule has 0 radical (unpaired) electrons. The lowest BCUT2D eigenvalue weighted by atomic mass is 10.00. The first kappa shape index (κ1) is 24.0. The number of rotatable bonds is 8. The maximum Gasteiger partial charge on any atom is 0.255 e. The molecule has 0 saturated carbocycles. The minimum atomic E-state index is -0.770. The van der Waals surface area contributed by atoms with Crippen molar-refractivity contribution in [3.8, 4) is 17.2 Å². The van der Waals surface area contributed by atoms with Crippen LogP contribution in [0.1, 0.15) is 33.9 Å². The van der Waals surface area contributed by atoms with Crippen LogP contribution in [0, 0.1) is 11.6 Å². The lowest BCUT2D eigenvalue weighted by Crippen LogP contribution is -2.32. The van der Waals surface area contributed by atoms with Gasteiger partial charge in [-0.2, -0.15) is 0 Å². The lowest BCUT2D eigenvalue weighted by molar-refractivity contribution is -0.117. The molecule has 0 spiro atoms. The maximum absolute atomic E-state index is 14.1. The maximum atomic E-state index is 14.1. The largest absolute Gasteiger partial charge is 0.493 e. The van der Waals surface area contributed by atoms with Crippen LogP contribution >= 0.6 is 0 Å². The van der Waals surface area contributed by atoms with E-state index in [2.05, 4.69) is 5.32 Å². The van der Waals surface area contributed by atoms with Gasteiger partial charge in [0.25, 0.3) is 5.91 Å². The smallest absolute Gasteiger partial charge is 0.255 e. The van der Waals surface area contributed by atoms with Crippen LogP contribution < -0.4 is 19.5 Å². The zero-order chi connectivity index (χ0) is 25.1. The monoisotopic (exact) mass is 482 g/mol. The first-order chi connectivity index (χ1) is 16.9. The van der Waals surface area contributed by atoms with Gasteiger partial charge in [-0.15, -0.1) is 0 Å². The number of nitrogens with one attached hydrogen (secondary N) is 1. The van der Waals surface area contributed by atoms with Crippen molar-refractivity contribution in [2.45, 2.75) is 19.0 Å². The molecule has 1 aliphatic rings. The van der Waals surface area contributed by atoms with Gasteiger partial charge in [-0.05, 0) is 41.5 Å². The molecule has 4 rings (SSSR count). The molecular formula is C26H24F2N2O5. The van der Waals surface area contributed by atoms with Crippen molar-refractivity contribution >= 4 is 17.5 Å². The Balaban J connectivity index is 1.73. The average Bonchev–Trinajstić information content (AvgIpc) is 3.20. The van der Waals surface area contributed by atoms with Gasteiger partial charge in [0.15, 0.2) is 11.5 Å². The summed E-state index contributed by atoms with van der Waals surface area (Å²) in [7, 11) is 4.40. The highest BCUT2D eigenvalue weighted by Crippen LogP contribution is 2.43. The number of hydrogen-bond acceptors (Lipinski definition) is 5. The molecular weight excluding hydrogens is 458 g/mol. The van der Waals surface area contributed by atoms with Gasteiger partial charge < -0.3 is 24.4 Å². The van der Waals surface area contributed by atoms with Crippen molar-refractivity contribution in [1.82, 2.24) is 4.90 Å². The van der Waals surface area contributed by atoms with E-state index in [0.29, 0.717) is 28.4 Å². The third kappa shape index (κ3) is 4.75. The van der Waals surface area contributed by atoms with Gasteiger partial charge in [-0.25, -0.2) is 8.78 Å². The van der Waals surface area contributed by atoms with Crippen LogP contribution in [0.2, 0.25) is 0 Å². The standard InChI is InChI=1S/C26H24F2N2O5/c1-33-22-10-16(11-23(34-2)25(22)35-3)21(30-14-15-6-4-5-7-18(15)26(30)32)13-24(31)29-20-12-17(27)8-9-19(20)28/h4-12,21H,13-14H2,1-3H3,(H,29,31)/t21-/m0/s1. The number of hydrogen-bond donors (Lipinski definition) is 1. The first-order valence-electron chi connectivity index (χ1n) is 10.8. The molecule has 0 fully saturated rings. The van der Waals surface area contributed by atoms with Crippen LogP contribution in [-0.2, 0) is 11.3 Å². The quantitative estimate of drug-likeness (QED) is 0.503. The highest BCUT2D eigenvalue weighted by Gasteiger charge is 2.35. The summed E-state index contributed by atoms with van der Waals surface area (Å²) >= 11 is 0. The Hall–Kier alpha value is -4.14. The number of amides is 2. The summed E-state index contributed by atoms with van der Waals surface area (Å²) < 4.78 is 44.0. The van der Waals surface area contributed by atoms with Crippen molar-refractivity contribution in [3.05, 3.63) is 82.9 Å². The van der Waals surface area contributed by atoms with Crippen molar-refractivity contribution in [2.24, 2.45) is 0 Å². The fourth-order valence-corrected chi connectivity index (χ4v) is 4.20. The van der Waals surface area contributed by atoms with Crippen LogP contribution in [0.3, 0.4) is 0 Å². The Kier molecular flexibility index (Phi) is 6.86. The normalized spacial score (nSPS) is 13.3. The minimum Gasteiger partial charge on any atom is -0.493 e. The minimum absolute atomic E-state index is 0.228. The van der Waals surface area contributed by atoms with E-state index in [9.17, 15) is 18.4 Å². The number of methoxy groups -OCH3 is 3. The second-order valence-corrected chi connectivity index (χ2v) is 7.94. The molecule has 1 atom stereocenters. The third-order valence-corrected chi connectivity index (χ3v) is 5.88. The van der Waals surface area contributed by atoms with Crippen molar-refractivity contribution in [3.63, 3.8) is 0 Å². The Bertz CT molecular complexity index is 1260. The second-order valence-electron chi connectivity index (χ2n) is 7.94. The van der Waals surface area contributed by atoms with Gasteiger partial charge in [0.1, 0.15) is 11.6 Å². The number of benzene rings is 3. The van der Waals surface area contributed by atoms with Crippen LogP contribution in [0.15, 0.2) is 54.6 Å². The Morgan fingerprint density at radius 3 is 2.31 bits per heavy atom. The number of fused-ring (bicyclic) bond motifs is 1. The van der Waals surface area contributed by atoms with E-state index in [1.54, 1.807) is 29.2 Å². The van der Waals surface area contributed by atoms with Crippen LogP contribution in [0.4, 0.5) is 14.5 Å². The average molecular weight is 482 g/mol. The molecule has 1 aliphatic heterocycles. The van der Waals surface area contributed by atoms with E-state index in [1.165, 1.54) is 21.3 Å². The van der Waals surface area contributed by atoms with E-state index in [4.69, 9.17) is 14.2 Å². The van der Waals surface area contributed by atoms with E-state index in [0.717, 1.165) is 23.8 Å². The molecule has 1 N–H and O–H groups in total. The summed E-state index contributed by atoms with van der Waals surface area (Å²) in [4.78, 5) is 27.8. The number of halogens is 2.